The Hall–Kier alpha value is -1.92. The van der Waals surface area contributed by atoms with Crippen molar-refractivity contribution in [2.24, 2.45) is 23.7 Å². The number of fused-ring (bicyclic) bond motifs is 1. The van der Waals surface area contributed by atoms with Gasteiger partial charge in [0, 0.05) is 12.6 Å². The Balaban J connectivity index is 1.23. The zero-order chi connectivity index (χ0) is 21.2. The topological polar surface area (TPSA) is 66.5 Å². The van der Waals surface area contributed by atoms with Gasteiger partial charge in [-0.2, -0.15) is 4.31 Å². The predicted molar refractivity (Wildman–Crippen MR) is 120 cm³/mol. The Kier molecular flexibility index (Phi) is 4.65. The van der Waals surface area contributed by atoms with Gasteiger partial charge < -0.3 is 5.32 Å². The van der Waals surface area contributed by atoms with Gasteiger partial charge in [0.15, 0.2) is 0 Å². The summed E-state index contributed by atoms with van der Waals surface area (Å²) >= 11 is 0. The molecular weight excluding hydrogens is 408 g/mol. The van der Waals surface area contributed by atoms with E-state index in [9.17, 15) is 13.2 Å². The van der Waals surface area contributed by atoms with Crippen LogP contribution in [0.1, 0.15) is 44.9 Å². The maximum Gasteiger partial charge on any atom is 0.243 e. The van der Waals surface area contributed by atoms with Crippen LogP contribution in [0.25, 0.3) is 10.8 Å². The minimum atomic E-state index is -3.71. The summed E-state index contributed by atoms with van der Waals surface area (Å²) in [6, 6.07) is 12.7. The van der Waals surface area contributed by atoms with Crippen LogP contribution in [0.2, 0.25) is 0 Å². The van der Waals surface area contributed by atoms with Gasteiger partial charge in [0.1, 0.15) is 6.04 Å². The molecule has 5 nitrogen and oxygen atoms in total. The summed E-state index contributed by atoms with van der Waals surface area (Å²) in [5.74, 6) is 2.80. The van der Waals surface area contributed by atoms with E-state index in [4.69, 9.17) is 0 Å². The van der Waals surface area contributed by atoms with Crippen LogP contribution in [-0.2, 0) is 14.8 Å². The number of nitrogens with zero attached hydrogens (tertiary/aromatic N) is 1. The van der Waals surface area contributed by atoms with Gasteiger partial charge in [-0.25, -0.2) is 8.42 Å². The highest BCUT2D eigenvalue weighted by Crippen LogP contribution is 2.53. The van der Waals surface area contributed by atoms with Crippen LogP contribution in [0, 0.1) is 23.7 Å². The molecular formula is C25H30N2O3S. The van der Waals surface area contributed by atoms with Gasteiger partial charge in [0.2, 0.25) is 15.9 Å². The third-order valence-electron chi connectivity index (χ3n) is 8.37. The molecule has 0 spiro atoms. The molecule has 4 aliphatic carbocycles. The standard InChI is InChI=1S/C25H30N2O3S/c28-25(26-24-20-11-16-10-17(13-20)14-21(24)12-16)23-6-3-9-27(23)31(29,30)22-8-7-18-4-1-2-5-19(18)15-22/h1-2,4-5,7-8,15-17,20-21,23-24H,3,6,9-14H2,(H,26,28). The van der Waals surface area contributed by atoms with Crippen LogP contribution in [0.4, 0.5) is 0 Å². The minimum Gasteiger partial charge on any atom is -0.351 e. The molecule has 7 rings (SSSR count). The van der Waals surface area contributed by atoms with Gasteiger partial charge >= 0.3 is 0 Å². The number of amides is 1. The summed E-state index contributed by atoms with van der Waals surface area (Å²) in [6.45, 7) is 0.412. The van der Waals surface area contributed by atoms with Crippen molar-refractivity contribution in [2.75, 3.05) is 6.54 Å². The normalized spacial score (nSPS) is 35.0. The van der Waals surface area contributed by atoms with E-state index in [0.717, 1.165) is 29.0 Å². The first kappa shape index (κ1) is 19.7. The number of nitrogens with one attached hydrogen (secondary N) is 1. The number of hydrogen-bond acceptors (Lipinski definition) is 3. The molecule has 1 aliphatic heterocycles. The Labute approximate surface area is 184 Å². The van der Waals surface area contributed by atoms with E-state index in [2.05, 4.69) is 5.32 Å². The molecule has 2 aromatic carbocycles. The van der Waals surface area contributed by atoms with Crippen LogP contribution in [0.3, 0.4) is 0 Å². The lowest BCUT2D eigenvalue weighted by atomic mass is 9.54. The highest BCUT2D eigenvalue weighted by atomic mass is 32.2. The Bertz CT molecular complexity index is 1100. The fourth-order valence-electron chi connectivity index (χ4n) is 7.17. The van der Waals surface area contributed by atoms with Gasteiger partial charge in [-0.05, 0) is 91.5 Å². The lowest BCUT2D eigenvalue weighted by Gasteiger charge is -2.54. The van der Waals surface area contributed by atoms with Crippen LogP contribution in [0.15, 0.2) is 47.4 Å². The molecule has 5 aliphatic rings. The number of carbonyl (C=O) groups is 1. The Morgan fingerprint density at radius 3 is 2.29 bits per heavy atom. The molecule has 31 heavy (non-hydrogen) atoms. The van der Waals surface area contributed by atoms with E-state index < -0.39 is 16.1 Å². The van der Waals surface area contributed by atoms with Crippen molar-refractivity contribution in [3.63, 3.8) is 0 Å². The Morgan fingerprint density at radius 1 is 0.903 bits per heavy atom. The molecule has 1 unspecified atom stereocenters. The molecule has 1 atom stereocenters. The summed E-state index contributed by atoms with van der Waals surface area (Å²) in [5.41, 5.74) is 0. The largest absolute Gasteiger partial charge is 0.351 e. The van der Waals surface area contributed by atoms with Gasteiger partial charge in [-0.1, -0.05) is 30.3 Å². The third kappa shape index (κ3) is 3.30. The molecule has 6 heteroatoms. The van der Waals surface area contributed by atoms with Crippen molar-refractivity contribution >= 4 is 26.7 Å². The van der Waals surface area contributed by atoms with Crippen LogP contribution < -0.4 is 5.32 Å². The number of hydrogen-bond donors (Lipinski definition) is 1. The smallest absolute Gasteiger partial charge is 0.243 e. The van der Waals surface area contributed by atoms with Crippen molar-refractivity contribution in [1.82, 2.24) is 9.62 Å². The highest BCUT2D eigenvalue weighted by molar-refractivity contribution is 7.89. The fraction of sp³-hybridized carbons (Fsp3) is 0.560. The molecule has 5 fully saturated rings. The van der Waals surface area contributed by atoms with E-state index in [-0.39, 0.29) is 16.8 Å². The van der Waals surface area contributed by atoms with E-state index >= 15 is 0 Å². The van der Waals surface area contributed by atoms with E-state index in [1.807, 2.05) is 30.3 Å². The van der Waals surface area contributed by atoms with E-state index in [1.54, 1.807) is 12.1 Å². The number of benzene rings is 2. The second kappa shape index (κ2) is 7.31. The second-order valence-electron chi connectivity index (χ2n) is 10.2. The summed E-state index contributed by atoms with van der Waals surface area (Å²) < 4.78 is 28.4. The van der Waals surface area contributed by atoms with Crippen molar-refractivity contribution in [3.05, 3.63) is 42.5 Å². The molecule has 0 radical (unpaired) electrons. The van der Waals surface area contributed by atoms with E-state index in [1.165, 1.54) is 36.4 Å². The lowest BCUT2D eigenvalue weighted by Crippen LogP contribution is -2.58. The molecule has 2 aromatic rings. The molecule has 1 saturated heterocycles. The average Bonchev–Trinajstić information content (AvgIpc) is 3.26. The molecule has 164 valence electrons. The molecule has 1 amide bonds. The first-order valence-corrected chi connectivity index (χ1v) is 13.2. The first-order chi connectivity index (χ1) is 15.0. The molecule has 4 bridgehead atoms. The number of rotatable bonds is 4. The Morgan fingerprint density at radius 2 is 1.58 bits per heavy atom. The van der Waals surface area contributed by atoms with Crippen LogP contribution in [-0.4, -0.2) is 37.3 Å². The van der Waals surface area contributed by atoms with Crippen molar-refractivity contribution in [2.45, 2.75) is 61.9 Å². The quantitative estimate of drug-likeness (QED) is 0.786. The maximum atomic E-state index is 13.5. The fourth-order valence-corrected chi connectivity index (χ4v) is 8.87. The number of sulfonamides is 1. The summed E-state index contributed by atoms with van der Waals surface area (Å²) in [4.78, 5) is 13.6. The van der Waals surface area contributed by atoms with Gasteiger partial charge in [0.25, 0.3) is 0 Å². The van der Waals surface area contributed by atoms with Crippen molar-refractivity contribution < 1.29 is 13.2 Å². The monoisotopic (exact) mass is 438 g/mol. The first-order valence-electron chi connectivity index (χ1n) is 11.8. The SMILES string of the molecule is O=C(NC1C2CC3CC(C2)CC1C3)C1CCCN1S(=O)(=O)c1ccc2ccccc2c1. The van der Waals surface area contributed by atoms with Crippen LogP contribution in [0.5, 0.6) is 0 Å². The van der Waals surface area contributed by atoms with Crippen molar-refractivity contribution in [3.8, 4) is 0 Å². The predicted octanol–water partition coefficient (Wildman–Crippen LogP) is 3.93. The number of carbonyl (C=O) groups excluding carboxylic acids is 1. The molecule has 0 aromatic heterocycles. The van der Waals surface area contributed by atoms with Crippen molar-refractivity contribution in [1.29, 1.82) is 0 Å². The zero-order valence-electron chi connectivity index (χ0n) is 17.7. The zero-order valence-corrected chi connectivity index (χ0v) is 18.6. The van der Waals surface area contributed by atoms with E-state index in [0.29, 0.717) is 24.8 Å². The average molecular weight is 439 g/mol. The molecule has 4 saturated carbocycles. The maximum absolute atomic E-state index is 13.5. The molecule has 1 heterocycles. The summed E-state index contributed by atoms with van der Waals surface area (Å²) in [6.07, 6.45) is 7.67. The van der Waals surface area contributed by atoms with Gasteiger partial charge in [-0.15, -0.1) is 0 Å². The summed E-state index contributed by atoms with van der Waals surface area (Å²) in [5, 5.41) is 5.26. The third-order valence-corrected chi connectivity index (χ3v) is 10.3. The second-order valence-corrected chi connectivity index (χ2v) is 12.1. The highest BCUT2D eigenvalue weighted by Gasteiger charge is 2.49. The molecule has 1 N–H and O–H groups in total. The minimum absolute atomic E-state index is 0.0839. The van der Waals surface area contributed by atoms with Gasteiger partial charge in [0.05, 0.1) is 4.90 Å². The van der Waals surface area contributed by atoms with Crippen LogP contribution >= 0.6 is 0 Å². The summed E-state index contributed by atoms with van der Waals surface area (Å²) in [7, 11) is -3.71. The van der Waals surface area contributed by atoms with Gasteiger partial charge in [-0.3, -0.25) is 4.79 Å². The lowest BCUT2D eigenvalue weighted by molar-refractivity contribution is -0.128.